The highest BCUT2D eigenvalue weighted by atomic mass is 19.1. The summed E-state index contributed by atoms with van der Waals surface area (Å²) in [6.45, 7) is 1.80. The first kappa shape index (κ1) is 13.2. The summed E-state index contributed by atoms with van der Waals surface area (Å²) in [5.74, 6) is 1.72. The van der Waals surface area contributed by atoms with Crippen LogP contribution in [0.3, 0.4) is 0 Å². The number of halogens is 1. The first-order valence-corrected chi connectivity index (χ1v) is 5.29. The van der Waals surface area contributed by atoms with Crippen molar-refractivity contribution < 1.29 is 9.18 Å². The molecule has 4 heteroatoms. The Balaban J connectivity index is 2.60. The third kappa shape index (κ3) is 3.89. The van der Waals surface area contributed by atoms with Crippen molar-refractivity contribution in [3.05, 3.63) is 35.6 Å². The van der Waals surface area contributed by atoms with Crippen LogP contribution in [-0.2, 0) is 4.79 Å². The Morgan fingerprint density at radius 1 is 1.53 bits per heavy atom. The van der Waals surface area contributed by atoms with E-state index in [1.165, 1.54) is 12.1 Å². The predicted molar refractivity (Wildman–Crippen MR) is 64.4 cm³/mol. The standard InChI is InChI=1S/C13H15FN2O/c1-3-4-12(15)13(17)16-9(2)10-5-7-11(14)8-6-10/h1,5-9,12H,4,15H2,2H3,(H,16,17). The number of terminal acetylenes is 1. The first-order chi connectivity index (χ1) is 8.04. The molecule has 0 aliphatic rings. The van der Waals surface area contributed by atoms with Gasteiger partial charge in [0.15, 0.2) is 0 Å². The van der Waals surface area contributed by atoms with E-state index >= 15 is 0 Å². The molecule has 1 amide bonds. The molecular weight excluding hydrogens is 219 g/mol. The Labute approximate surface area is 100 Å². The molecule has 0 aliphatic heterocycles. The predicted octanol–water partition coefficient (Wildman–Crippen LogP) is 1.35. The molecule has 1 aromatic rings. The van der Waals surface area contributed by atoms with Gasteiger partial charge in [0, 0.05) is 6.42 Å². The van der Waals surface area contributed by atoms with E-state index in [4.69, 9.17) is 12.2 Å². The van der Waals surface area contributed by atoms with Crippen molar-refractivity contribution in [2.45, 2.75) is 25.4 Å². The number of rotatable bonds is 4. The van der Waals surface area contributed by atoms with Gasteiger partial charge >= 0.3 is 0 Å². The highest BCUT2D eigenvalue weighted by molar-refractivity contribution is 5.82. The number of benzene rings is 1. The lowest BCUT2D eigenvalue weighted by atomic mass is 10.1. The molecule has 90 valence electrons. The zero-order valence-electron chi connectivity index (χ0n) is 9.61. The van der Waals surface area contributed by atoms with Gasteiger partial charge in [-0.3, -0.25) is 4.79 Å². The van der Waals surface area contributed by atoms with Gasteiger partial charge in [-0.25, -0.2) is 4.39 Å². The average Bonchev–Trinajstić information content (AvgIpc) is 2.30. The molecule has 2 atom stereocenters. The molecule has 0 spiro atoms. The molecule has 0 radical (unpaired) electrons. The Hall–Kier alpha value is -1.86. The summed E-state index contributed by atoms with van der Waals surface area (Å²) in [4.78, 5) is 11.6. The van der Waals surface area contributed by atoms with Crippen LogP contribution in [-0.4, -0.2) is 11.9 Å². The average molecular weight is 234 g/mol. The Bertz CT molecular complexity index is 422. The molecule has 1 aromatic carbocycles. The molecule has 3 nitrogen and oxygen atoms in total. The summed E-state index contributed by atoms with van der Waals surface area (Å²) in [7, 11) is 0. The van der Waals surface area contributed by atoms with Crippen molar-refractivity contribution in [3.8, 4) is 12.3 Å². The van der Waals surface area contributed by atoms with Crippen LogP contribution in [0.2, 0.25) is 0 Å². The molecule has 0 heterocycles. The Kier molecular flexibility index (Phi) is 4.68. The van der Waals surface area contributed by atoms with Gasteiger partial charge in [-0.1, -0.05) is 12.1 Å². The smallest absolute Gasteiger partial charge is 0.238 e. The zero-order valence-corrected chi connectivity index (χ0v) is 9.61. The zero-order chi connectivity index (χ0) is 12.8. The van der Waals surface area contributed by atoms with Crippen LogP contribution in [0.5, 0.6) is 0 Å². The monoisotopic (exact) mass is 234 g/mol. The lowest BCUT2D eigenvalue weighted by Gasteiger charge is -2.16. The minimum atomic E-state index is -0.706. The highest BCUT2D eigenvalue weighted by Crippen LogP contribution is 2.12. The van der Waals surface area contributed by atoms with E-state index in [-0.39, 0.29) is 24.2 Å². The largest absolute Gasteiger partial charge is 0.348 e. The minimum absolute atomic E-state index is 0.196. The number of nitrogens with two attached hydrogens (primary N) is 1. The summed E-state index contributed by atoms with van der Waals surface area (Å²) < 4.78 is 12.7. The highest BCUT2D eigenvalue weighted by Gasteiger charge is 2.15. The topological polar surface area (TPSA) is 55.1 Å². The molecule has 0 bridgehead atoms. The van der Waals surface area contributed by atoms with E-state index in [1.807, 2.05) is 0 Å². The van der Waals surface area contributed by atoms with Crippen LogP contribution in [0.25, 0.3) is 0 Å². The summed E-state index contributed by atoms with van der Waals surface area (Å²) >= 11 is 0. The first-order valence-electron chi connectivity index (χ1n) is 5.29. The maximum absolute atomic E-state index is 12.7. The molecule has 0 saturated heterocycles. The second kappa shape index (κ2) is 6.02. The number of carbonyl (C=O) groups excluding carboxylic acids is 1. The van der Waals surface area contributed by atoms with Crippen LogP contribution in [0, 0.1) is 18.2 Å². The SMILES string of the molecule is C#CCC(N)C(=O)NC(C)c1ccc(F)cc1. The number of amides is 1. The quantitative estimate of drug-likeness (QED) is 0.773. The normalized spacial score (nSPS) is 13.5. The van der Waals surface area contributed by atoms with Crippen molar-refractivity contribution in [2.75, 3.05) is 0 Å². The van der Waals surface area contributed by atoms with Gasteiger partial charge in [-0.05, 0) is 24.6 Å². The number of hydrogen-bond donors (Lipinski definition) is 2. The van der Waals surface area contributed by atoms with Crippen molar-refractivity contribution in [1.29, 1.82) is 0 Å². The molecule has 17 heavy (non-hydrogen) atoms. The molecule has 2 unspecified atom stereocenters. The number of carbonyl (C=O) groups is 1. The van der Waals surface area contributed by atoms with Gasteiger partial charge in [0.1, 0.15) is 5.82 Å². The van der Waals surface area contributed by atoms with Crippen LogP contribution < -0.4 is 11.1 Å². The Morgan fingerprint density at radius 2 is 2.12 bits per heavy atom. The van der Waals surface area contributed by atoms with E-state index in [9.17, 15) is 9.18 Å². The lowest BCUT2D eigenvalue weighted by Crippen LogP contribution is -2.41. The third-order valence-electron chi connectivity index (χ3n) is 2.40. The molecule has 0 aliphatic carbocycles. The van der Waals surface area contributed by atoms with E-state index in [1.54, 1.807) is 19.1 Å². The van der Waals surface area contributed by atoms with Gasteiger partial charge in [0.05, 0.1) is 12.1 Å². The van der Waals surface area contributed by atoms with Crippen LogP contribution in [0.15, 0.2) is 24.3 Å². The molecule has 0 aromatic heterocycles. The second-order valence-corrected chi connectivity index (χ2v) is 3.80. The number of nitrogens with one attached hydrogen (secondary N) is 1. The van der Waals surface area contributed by atoms with Crippen LogP contribution in [0.4, 0.5) is 4.39 Å². The molecule has 1 rings (SSSR count). The van der Waals surface area contributed by atoms with Crippen LogP contribution in [0.1, 0.15) is 24.9 Å². The van der Waals surface area contributed by atoms with Gasteiger partial charge in [-0.2, -0.15) is 0 Å². The molecule has 0 saturated carbocycles. The summed E-state index contributed by atoms with van der Waals surface area (Å²) in [5.41, 5.74) is 6.38. The maximum atomic E-state index is 12.7. The van der Waals surface area contributed by atoms with Crippen LogP contribution >= 0.6 is 0 Å². The van der Waals surface area contributed by atoms with Gasteiger partial charge in [0.25, 0.3) is 0 Å². The Morgan fingerprint density at radius 3 is 2.65 bits per heavy atom. The summed E-state index contributed by atoms with van der Waals surface area (Å²) in [5, 5.41) is 2.72. The molecule has 3 N–H and O–H groups in total. The van der Waals surface area contributed by atoms with E-state index in [2.05, 4.69) is 11.2 Å². The summed E-state index contributed by atoms with van der Waals surface area (Å²) in [6, 6.07) is 4.99. The van der Waals surface area contributed by atoms with E-state index in [0.717, 1.165) is 5.56 Å². The van der Waals surface area contributed by atoms with E-state index < -0.39 is 6.04 Å². The molecule has 0 fully saturated rings. The fraction of sp³-hybridized carbons (Fsp3) is 0.308. The number of hydrogen-bond acceptors (Lipinski definition) is 2. The lowest BCUT2D eigenvalue weighted by molar-refractivity contribution is -0.122. The third-order valence-corrected chi connectivity index (χ3v) is 2.40. The van der Waals surface area contributed by atoms with Crippen molar-refractivity contribution >= 4 is 5.91 Å². The minimum Gasteiger partial charge on any atom is -0.348 e. The van der Waals surface area contributed by atoms with Crippen molar-refractivity contribution in [2.24, 2.45) is 5.73 Å². The maximum Gasteiger partial charge on any atom is 0.238 e. The summed E-state index contributed by atoms with van der Waals surface area (Å²) in [6.07, 6.45) is 5.27. The van der Waals surface area contributed by atoms with Crippen molar-refractivity contribution in [3.63, 3.8) is 0 Å². The van der Waals surface area contributed by atoms with Gasteiger partial charge < -0.3 is 11.1 Å². The van der Waals surface area contributed by atoms with Crippen molar-refractivity contribution in [1.82, 2.24) is 5.32 Å². The van der Waals surface area contributed by atoms with Gasteiger partial charge in [0.2, 0.25) is 5.91 Å². The van der Waals surface area contributed by atoms with E-state index in [0.29, 0.717) is 0 Å². The fourth-order valence-corrected chi connectivity index (χ4v) is 1.37. The second-order valence-electron chi connectivity index (χ2n) is 3.80. The fourth-order valence-electron chi connectivity index (χ4n) is 1.37. The molecular formula is C13H15FN2O. The van der Waals surface area contributed by atoms with Gasteiger partial charge in [-0.15, -0.1) is 12.3 Å².